The second-order valence-corrected chi connectivity index (χ2v) is 2.82. The number of nitrogens with one attached hydrogen (secondary N) is 1. The van der Waals surface area contributed by atoms with E-state index in [1.54, 1.807) is 6.07 Å². The van der Waals surface area contributed by atoms with E-state index in [1.807, 2.05) is 0 Å². The first-order valence-electron chi connectivity index (χ1n) is 3.82. The van der Waals surface area contributed by atoms with Crippen molar-refractivity contribution in [2.45, 2.75) is 12.8 Å². The van der Waals surface area contributed by atoms with Crippen molar-refractivity contribution in [2.24, 2.45) is 0 Å². The molecule has 1 atom stereocenters. The molecule has 0 radical (unpaired) electrons. The maximum absolute atomic E-state index is 10.7. The number of carboxylic acid groups (broad SMARTS) is 1. The van der Waals surface area contributed by atoms with Crippen LogP contribution >= 0.6 is 0 Å². The van der Waals surface area contributed by atoms with Crippen LogP contribution in [-0.4, -0.2) is 21.2 Å². The fraction of sp³-hybridized carbons (Fsp3) is 0.250. The first-order chi connectivity index (χ1) is 6.20. The Labute approximate surface area is 74.0 Å². The monoisotopic (exact) mass is 180 g/mol. The molecule has 0 aliphatic carbocycles. The Hall–Kier alpha value is -1.46. The highest BCUT2D eigenvalue weighted by Crippen LogP contribution is 2.24. The van der Waals surface area contributed by atoms with Gasteiger partial charge in [-0.15, -0.1) is 0 Å². The molecule has 0 fully saturated rings. The van der Waals surface area contributed by atoms with Crippen LogP contribution in [0.15, 0.2) is 12.3 Å². The number of aliphatic hydroxyl groups is 1. The van der Waals surface area contributed by atoms with Crippen molar-refractivity contribution in [3.05, 3.63) is 29.1 Å². The van der Waals surface area contributed by atoms with Gasteiger partial charge in [0.05, 0.1) is 0 Å². The van der Waals surface area contributed by atoms with Crippen molar-refractivity contribution in [1.29, 1.82) is 0 Å². The van der Waals surface area contributed by atoms with Gasteiger partial charge in [0.25, 0.3) is 0 Å². The lowest BCUT2D eigenvalue weighted by Gasteiger charge is -2.03. The van der Waals surface area contributed by atoms with E-state index in [1.165, 1.54) is 6.20 Å². The molecule has 0 amide bonds. The summed E-state index contributed by atoms with van der Waals surface area (Å²) in [5.74, 6) is -1.06. The summed E-state index contributed by atoms with van der Waals surface area (Å²) in [4.78, 5) is 14.4. The number of aromatic carboxylic acids is 1. The van der Waals surface area contributed by atoms with Crippen LogP contribution in [0.1, 0.15) is 27.8 Å². The average molecular weight is 180 g/mol. The minimum Gasteiger partial charge on any atom is -0.477 e. The van der Waals surface area contributed by atoms with Gasteiger partial charge < -0.3 is 10.2 Å². The molecule has 1 aliphatic rings. The molecule has 0 saturated heterocycles. The van der Waals surface area contributed by atoms with Crippen LogP contribution in [-0.2, 0) is 6.54 Å². The summed E-state index contributed by atoms with van der Waals surface area (Å²) < 4.78 is 0. The zero-order chi connectivity index (χ0) is 9.42. The van der Waals surface area contributed by atoms with Crippen molar-refractivity contribution in [1.82, 2.24) is 10.3 Å². The zero-order valence-corrected chi connectivity index (χ0v) is 6.69. The van der Waals surface area contributed by atoms with Gasteiger partial charge in [0.15, 0.2) is 5.69 Å². The predicted molar refractivity (Wildman–Crippen MR) is 43.0 cm³/mol. The van der Waals surface area contributed by atoms with Gasteiger partial charge in [-0.25, -0.2) is 9.78 Å². The number of nitrogens with zero attached hydrogens (tertiary/aromatic N) is 1. The Bertz CT molecular complexity index is 364. The Kier molecular flexibility index (Phi) is 1.75. The Balaban J connectivity index is 2.57. The van der Waals surface area contributed by atoms with Crippen LogP contribution < -0.4 is 5.32 Å². The molecule has 3 N–H and O–H groups in total. The lowest BCUT2D eigenvalue weighted by molar-refractivity contribution is 0.0689. The largest absolute Gasteiger partial charge is 0.477 e. The van der Waals surface area contributed by atoms with E-state index >= 15 is 0 Å². The van der Waals surface area contributed by atoms with Crippen LogP contribution in [0.3, 0.4) is 0 Å². The first kappa shape index (κ1) is 8.15. The lowest BCUT2D eigenvalue weighted by Crippen LogP contribution is -2.10. The molecule has 1 unspecified atom stereocenters. The van der Waals surface area contributed by atoms with Crippen molar-refractivity contribution in [3.8, 4) is 0 Å². The third-order valence-electron chi connectivity index (χ3n) is 2.06. The van der Waals surface area contributed by atoms with Gasteiger partial charge in [-0.1, -0.05) is 0 Å². The fourth-order valence-corrected chi connectivity index (χ4v) is 1.44. The van der Waals surface area contributed by atoms with Crippen LogP contribution in [0, 0.1) is 0 Å². The van der Waals surface area contributed by atoms with E-state index in [0.717, 1.165) is 0 Å². The third-order valence-corrected chi connectivity index (χ3v) is 2.06. The van der Waals surface area contributed by atoms with Gasteiger partial charge in [-0.3, -0.25) is 5.32 Å². The topological polar surface area (TPSA) is 82.5 Å². The molecule has 1 aromatic heterocycles. The molecule has 0 bridgehead atoms. The Morgan fingerprint density at radius 3 is 3.15 bits per heavy atom. The van der Waals surface area contributed by atoms with E-state index in [4.69, 9.17) is 5.11 Å². The number of aliphatic hydroxyl groups excluding tert-OH is 1. The van der Waals surface area contributed by atoms with Gasteiger partial charge >= 0.3 is 5.97 Å². The summed E-state index contributed by atoms with van der Waals surface area (Å²) in [6, 6.07) is 1.62. The van der Waals surface area contributed by atoms with E-state index < -0.39 is 12.2 Å². The number of hydrogen-bond donors (Lipinski definition) is 3. The number of rotatable bonds is 1. The third kappa shape index (κ3) is 1.18. The van der Waals surface area contributed by atoms with E-state index in [0.29, 0.717) is 17.7 Å². The molecule has 68 valence electrons. The summed E-state index contributed by atoms with van der Waals surface area (Å²) in [6.45, 7) is 0.353. The van der Waals surface area contributed by atoms with E-state index in [9.17, 15) is 9.90 Å². The minimum atomic E-state index is -1.06. The van der Waals surface area contributed by atoms with Crippen LogP contribution in [0.25, 0.3) is 0 Å². The summed E-state index contributed by atoms with van der Waals surface area (Å²) in [5.41, 5.74) is 1.19. The molecule has 1 aliphatic heterocycles. The smallest absolute Gasteiger partial charge is 0.354 e. The molecule has 0 spiro atoms. The Morgan fingerprint density at radius 2 is 2.46 bits per heavy atom. The number of aromatic nitrogens is 1. The highest BCUT2D eigenvalue weighted by atomic mass is 16.4. The van der Waals surface area contributed by atoms with Crippen molar-refractivity contribution < 1.29 is 15.0 Å². The van der Waals surface area contributed by atoms with Crippen molar-refractivity contribution in [2.75, 3.05) is 0 Å². The summed E-state index contributed by atoms with van der Waals surface area (Å²) in [5, 5.41) is 20.9. The normalized spacial score (nSPS) is 19.9. The summed E-state index contributed by atoms with van der Waals surface area (Å²) in [6.07, 6.45) is 0.620. The SMILES string of the molecule is O=C(O)c1nccc2c1CNC2O. The van der Waals surface area contributed by atoms with Crippen LogP contribution in [0.2, 0.25) is 0 Å². The number of carboxylic acids is 1. The minimum absolute atomic E-state index is 0.0153. The molecule has 5 nitrogen and oxygen atoms in total. The maximum atomic E-state index is 10.7. The highest BCUT2D eigenvalue weighted by molar-refractivity contribution is 5.87. The van der Waals surface area contributed by atoms with E-state index in [-0.39, 0.29) is 5.69 Å². The molecule has 0 saturated carbocycles. The van der Waals surface area contributed by atoms with Crippen molar-refractivity contribution in [3.63, 3.8) is 0 Å². The van der Waals surface area contributed by atoms with Gasteiger partial charge in [-0.05, 0) is 6.07 Å². The number of carbonyl (C=O) groups is 1. The number of fused-ring (bicyclic) bond motifs is 1. The van der Waals surface area contributed by atoms with Gasteiger partial charge in [0.1, 0.15) is 6.23 Å². The van der Waals surface area contributed by atoms with Gasteiger partial charge in [-0.2, -0.15) is 0 Å². The van der Waals surface area contributed by atoms with E-state index in [2.05, 4.69) is 10.3 Å². The summed E-state index contributed by atoms with van der Waals surface area (Å²) in [7, 11) is 0. The number of pyridine rings is 1. The average Bonchev–Trinajstić information content (AvgIpc) is 2.48. The predicted octanol–water partition coefficient (Wildman–Crippen LogP) is -0.126. The molecule has 13 heavy (non-hydrogen) atoms. The molecular weight excluding hydrogens is 172 g/mol. The fourth-order valence-electron chi connectivity index (χ4n) is 1.44. The standard InChI is InChI=1S/C8H8N2O3/c11-7-4-1-2-9-6(8(12)13)5(4)3-10-7/h1-2,7,10-11H,3H2,(H,12,13). The molecule has 2 rings (SSSR count). The van der Waals surface area contributed by atoms with Gasteiger partial charge in [0, 0.05) is 23.9 Å². The first-order valence-corrected chi connectivity index (χ1v) is 3.82. The lowest BCUT2D eigenvalue weighted by atomic mass is 10.1. The highest BCUT2D eigenvalue weighted by Gasteiger charge is 2.25. The molecular formula is C8H8N2O3. The second-order valence-electron chi connectivity index (χ2n) is 2.82. The molecule has 0 aromatic carbocycles. The second kappa shape index (κ2) is 2.79. The quantitative estimate of drug-likeness (QED) is 0.561. The summed E-state index contributed by atoms with van der Waals surface area (Å²) >= 11 is 0. The number of hydrogen-bond acceptors (Lipinski definition) is 4. The van der Waals surface area contributed by atoms with Crippen LogP contribution in [0.4, 0.5) is 0 Å². The molecule has 5 heteroatoms. The van der Waals surface area contributed by atoms with Gasteiger partial charge in [0.2, 0.25) is 0 Å². The Morgan fingerprint density at radius 1 is 1.69 bits per heavy atom. The maximum Gasteiger partial charge on any atom is 0.354 e. The molecule has 2 heterocycles. The van der Waals surface area contributed by atoms with Crippen molar-refractivity contribution >= 4 is 5.97 Å². The zero-order valence-electron chi connectivity index (χ0n) is 6.69. The molecule has 1 aromatic rings. The van der Waals surface area contributed by atoms with Crippen LogP contribution in [0.5, 0.6) is 0 Å².